The van der Waals surface area contributed by atoms with Crippen LogP contribution < -0.4 is 0 Å². The maximum absolute atomic E-state index is 13.7. The molecule has 132 valence electrons. The van der Waals surface area contributed by atoms with Crippen molar-refractivity contribution in [2.24, 2.45) is 0 Å². The molecule has 12 heteroatoms. The van der Waals surface area contributed by atoms with Gasteiger partial charge in [-0.15, -0.1) is 0 Å². The number of rotatable bonds is 3. The first-order valence-corrected chi connectivity index (χ1v) is 7.09. The number of fused-ring (bicyclic) bond motifs is 1. The van der Waals surface area contributed by atoms with Gasteiger partial charge in [0.05, 0.1) is 6.33 Å². The van der Waals surface area contributed by atoms with Crippen LogP contribution in [-0.2, 0) is 4.74 Å². The summed E-state index contributed by atoms with van der Waals surface area (Å²) in [6.07, 6.45) is -12.6. The number of halogens is 7. The molecule has 0 aliphatic carbocycles. The van der Waals surface area contributed by atoms with E-state index in [0.717, 1.165) is 0 Å². The Kier molecular flexibility index (Phi) is 4.11. The molecule has 1 aliphatic rings. The third-order valence-corrected chi connectivity index (χ3v) is 3.89. The SMILES string of the molecule is FC(C(F)(F)F)C(F)(F)C1CCC(c2nc(Cl)c3[nH]cnc3n2)O1. The van der Waals surface area contributed by atoms with E-state index in [1.165, 1.54) is 6.33 Å². The second-order valence-electron chi connectivity index (χ2n) is 5.24. The first kappa shape index (κ1) is 17.2. The number of hydrogen-bond donors (Lipinski definition) is 1. The van der Waals surface area contributed by atoms with Gasteiger partial charge in [0.15, 0.2) is 16.6 Å². The van der Waals surface area contributed by atoms with Gasteiger partial charge in [0, 0.05) is 0 Å². The number of aromatic nitrogens is 4. The van der Waals surface area contributed by atoms with Gasteiger partial charge >= 0.3 is 12.1 Å². The van der Waals surface area contributed by atoms with Crippen molar-refractivity contribution in [3.8, 4) is 0 Å². The van der Waals surface area contributed by atoms with Crippen LogP contribution in [0.3, 0.4) is 0 Å². The number of alkyl halides is 6. The van der Waals surface area contributed by atoms with E-state index in [1.54, 1.807) is 0 Å². The maximum Gasteiger partial charge on any atom is 0.425 e. The summed E-state index contributed by atoms with van der Waals surface area (Å²) in [4.78, 5) is 14.3. The zero-order valence-corrected chi connectivity index (χ0v) is 12.4. The molecule has 3 heterocycles. The van der Waals surface area contributed by atoms with Gasteiger partial charge < -0.3 is 9.72 Å². The molecule has 2 aromatic rings. The van der Waals surface area contributed by atoms with Crippen LogP contribution in [0.15, 0.2) is 6.33 Å². The second kappa shape index (κ2) is 5.73. The molecule has 2 aromatic heterocycles. The molecule has 3 rings (SSSR count). The Hall–Kier alpha value is -1.62. The van der Waals surface area contributed by atoms with Gasteiger partial charge in [0.2, 0.25) is 0 Å². The summed E-state index contributed by atoms with van der Waals surface area (Å²) in [5.74, 6) is -4.81. The predicted octanol–water partition coefficient (Wildman–Crippen LogP) is 3.76. The molecular weight excluding hydrogens is 366 g/mol. The average molecular weight is 375 g/mol. The van der Waals surface area contributed by atoms with Crippen LogP contribution in [0.2, 0.25) is 5.15 Å². The molecule has 0 spiro atoms. The highest BCUT2D eigenvalue weighted by molar-refractivity contribution is 6.33. The smallest absolute Gasteiger partial charge is 0.361 e. The van der Waals surface area contributed by atoms with E-state index in [4.69, 9.17) is 16.3 Å². The number of imidazole rings is 1. The van der Waals surface area contributed by atoms with Gasteiger partial charge in [-0.25, -0.2) is 28.1 Å². The van der Waals surface area contributed by atoms with Crippen LogP contribution in [0.1, 0.15) is 24.8 Å². The molecule has 1 fully saturated rings. The van der Waals surface area contributed by atoms with Crippen molar-refractivity contribution >= 4 is 22.8 Å². The minimum Gasteiger partial charge on any atom is -0.361 e. The standard InChI is InChI=1S/C12H9ClF6N4O/c13-7-6-9(21-3-20-6)23-8(22-7)4-1-2-5(24-4)11(15,16)10(14)12(17,18)19/h3-5,10H,1-2H2,(H,20,21,22,23). The molecule has 0 amide bonds. The third-order valence-electron chi connectivity index (χ3n) is 3.62. The Balaban J connectivity index is 1.81. The van der Waals surface area contributed by atoms with Crippen LogP contribution in [0.4, 0.5) is 26.3 Å². The molecule has 0 radical (unpaired) electrons. The van der Waals surface area contributed by atoms with Gasteiger partial charge in [-0.1, -0.05) is 11.6 Å². The lowest BCUT2D eigenvalue weighted by Gasteiger charge is -2.27. The number of nitrogens with zero attached hydrogens (tertiary/aromatic N) is 3. The van der Waals surface area contributed by atoms with Crippen molar-refractivity contribution in [3.63, 3.8) is 0 Å². The highest BCUT2D eigenvalue weighted by Crippen LogP contribution is 2.45. The Bertz CT molecular complexity index is 751. The highest BCUT2D eigenvalue weighted by atomic mass is 35.5. The van der Waals surface area contributed by atoms with Crippen molar-refractivity contribution < 1.29 is 31.1 Å². The fraction of sp³-hybridized carbons (Fsp3) is 0.583. The van der Waals surface area contributed by atoms with Gasteiger partial charge in [0.25, 0.3) is 6.17 Å². The lowest BCUT2D eigenvalue weighted by atomic mass is 10.0. The average Bonchev–Trinajstić information content (AvgIpc) is 3.14. The fourth-order valence-corrected chi connectivity index (χ4v) is 2.67. The van der Waals surface area contributed by atoms with Gasteiger partial charge in [-0.3, -0.25) is 0 Å². The van der Waals surface area contributed by atoms with E-state index in [-0.39, 0.29) is 23.0 Å². The number of nitrogens with one attached hydrogen (secondary N) is 1. The summed E-state index contributed by atoms with van der Waals surface area (Å²) in [7, 11) is 0. The monoisotopic (exact) mass is 374 g/mol. The summed E-state index contributed by atoms with van der Waals surface area (Å²) in [6.45, 7) is 0. The topological polar surface area (TPSA) is 63.7 Å². The van der Waals surface area contributed by atoms with Crippen LogP contribution in [-0.4, -0.2) is 44.3 Å². The van der Waals surface area contributed by atoms with Crippen molar-refractivity contribution in [2.75, 3.05) is 0 Å². The minimum absolute atomic E-state index is 0.0371. The number of hydrogen-bond acceptors (Lipinski definition) is 4. The molecular formula is C12H9ClF6N4O. The molecule has 0 bridgehead atoms. The van der Waals surface area contributed by atoms with Gasteiger partial charge in [0.1, 0.15) is 17.7 Å². The maximum atomic E-state index is 13.7. The van der Waals surface area contributed by atoms with Crippen molar-refractivity contribution in [1.82, 2.24) is 19.9 Å². The van der Waals surface area contributed by atoms with Crippen molar-refractivity contribution in [1.29, 1.82) is 0 Å². The summed E-state index contributed by atoms with van der Waals surface area (Å²) >= 11 is 5.88. The normalized spacial score (nSPS) is 23.8. The highest BCUT2D eigenvalue weighted by Gasteiger charge is 2.62. The Morgan fingerprint density at radius 1 is 1.21 bits per heavy atom. The van der Waals surface area contributed by atoms with E-state index < -0.39 is 36.9 Å². The lowest BCUT2D eigenvalue weighted by molar-refractivity contribution is -0.271. The number of aromatic amines is 1. The first-order valence-electron chi connectivity index (χ1n) is 6.71. The summed E-state index contributed by atoms with van der Waals surface area (Å²) in [5.41, 5.74) is 0.476. The molecule has 1 aliphatic heterocycles. The zero-order valence-electron chi connectivity index (χ0n) is 11.6. The van der Waals surface area contributed by atoms with E-state index in [1.807, 2.05) is 0 Å². The van der Waals surface area contributed by atoms with Gasteiger partial charge in [-0.2, -0.15) is 13.2 Å². The van der Waals surface area contributed by atoms with Crippen LogP contribution in [0.5, 0.6) is 0 Å². The Labute approximate surface area is 135 Å². The molecule has 3 atom stereocenters. The second-order valence-corrected chi connectivity index (χ2v) is 5.60. The lowest BCUT2D eigenvalue weighted by Crippen LogP contribution is -2.49. The molecule has 1 N–H and O–H groups in total. The first-order chi connectivity index (χ1) is 11.1. The molecule has 0 aromatic carbocycles. The van der Waals surface area contributed by atoms with Crippen molar-refractivity contribution in [2.45, 2.75) is 43.3 Å². The zero-order chi connectivity index (χ0) is 17.7. The van der Waals surface area contributed by atoms with Gasteiger partial charge in [-0.05, 0) is 12.8 Å². The summed E-state index contributed by atoms with van der Waals surface area (Å²) in [5, 5.41) is -0.0371. The molecule has 3 unspecified atom stereocenters. The Morgan fingerprint density at radius 2 is 1.92 bits per heavy atom. The number of H-pyrrole nitrogens is 1. The quantitative estimate of drug-likeness (QED) is 0.656. The predicted molar refractivity (Wildman–Crippen MR) is 69.4 cm³/mol. The van der Waals surface area contributed by atoms with E-state index >= 15 is 0 Å². The summed E-state index contributed by atoms with van der Waals surface area (Å²) < 4.78 is 82.1. The van der Waals surface area contributed by atoms with Crippen LogP contribution in [0, 0.1) is 0 Å². The van der Waals surface area contributed by atoms with Crippen LogP contribution in [0.25, 0.3) is 11.2 Å². The van der Waals surface area contributed by atoms with Crippen LogP contribution >= 0.6 is 11.6 Å². The molecule has 1 saturated heterocycles. The molecule has 24 heavy (non-hydrogen) atoms. The minimum atomic E-state index is -5.68. The summed E-state index contributed by atoms with van der Waals surface area (Å²) in [6, 6.07) is 0. The molecule has 0 saturated carbocycles. The van der Waals surface area contributed by atoms with E-state index in [2.05, 4.69) is 19.9 Å². The van der Waals surface area contributed by atoms with E-state index in [0.29, 0.717) is 5.52 Å². The number of ether oxygens (including phenoxy) is 1. The largest absolute Gasteiger partial charge is 0.425 e. The van der Waals surface area contributed by atoms with E-state index in [9.17, 15) is 26.3 Å². The van der Waals surface area contributed by atoms with Crippen molar-refractivity contribution in [3.05, 3.63) is 17.3 Å². The molecule has 5 nitrogen and oxygen atoms in total. The Morgan fingerprint density at radius 3 is 2.58 bits per heavy atom. The fourth-order valence-electron chi connectivity index (χ4n) is 2.45. The third kappa shape index (κ3) is 2.90.